The highest BCUT2D eigenvalue weighted by Gasteiger charge is 2.18. The number of hydrogen-bond acceptors (Lipinski definition) is 3. The van der Waals surface area contributed by atoms with Crippen LogP contribution in [-0.4, -0.2) is 24.2 Å². The van der Waals surface area contributed by atoms with Crippen molar-refractivity contribution in [3.05, 3.63) is 36.4 Å². The molecular weight excluding hydrogens is 232 g/mol. The van der Waals surface area contributed by atoms with Gasteiger partial charge in [0.1, 0.15) is 6.04 Å². The number of para-hydroxylation sites is 1. The Morgan fingerprint density at radius 2 is 2.35 bits per heavy atom. The molecule has 0 spiro atoms. The fraction of sp³-hybridized carbons (Fsp3) is 0.308. The van der Waals surface area contributed by atoms with E-state index in [9.17, 15) is 4.79 Å². The third-order valence-electron chi connectivity index (χ3n) is 2.51. The predicted molar refractivity (Wildman–Crippen MR) is 72.4 cm³/mol. The standard InChI is InChI=1S/C13H16N2OS/c1-2-17-12-8-4-3-6-10(12)15-13(16)11-7-5-9-14-11/h3-8,11,14H,2,9H2,1H3,(H,15,16). The average Bonchev–Trinajstić information content (AvgIpc) is 2.85. The van der Waals surface area contributed by atoms with Crippen LogP contribution in [0.1, 0.15) is 6.92 Å². The zero-order chi connectivity index (χ0) is 12.1. The van der Waals surface area contributed by atoms with Gasteiger partial charge >= 0.3 is 0 Å². The summed E-state index contributed by atoms with van der Waals surface area (Å²) >= 11 is 1.73. The van der Waals surface area contributed by atoms with Crippen LogP contribution < -0.4 is 10.6 Å². The minimum atomic E-state index is -0.199. The van der Waals surface area contributed by atoms with Crippen molar-refractivity contribution in [3.63, 3.8) is 0 Å². The summed E-state index contributed by atoms with van der Waals surface area (Å²) in [6.07, 6.45) is 3.86. The molecule has 1 amide bonds. The third-order valence-corrected chi connectivity index (χ3v) is 3.47. The molecule has 1 atom stereocenters. The molecule has 0 radical (unpaired) electrons. The van der Waals surface area contributed by atoms with E-state index in [2.05, 4.69) is 17.6 Å². The van der Waals surface area contributed by atoms with E-state index in [0.717, 1.165) is 22.9 Å². The molecule has 4 heteroatoms. The summed E-state index contributed by atoms with van der Waals surface area (Å²) in [7, 11) is 0. The highest BCUT2D eigenvalue weighted by atomic mass is 32.2. The Morgan fingerprint density at radius 1 is 1.53 bits per heavy atom. The number of rotatable bonds is 4. The number of carbonyl (C=O) groups excluding carboxylic acids is 1. The molecule has 0 aromatic heterocycles. The van der Waals surface area contributed by atoms with Gasteiger partial charge in [-0.15, -0.1) is 11.8 Å². The van der Waals surface area contributed by atoms with Gasteiger partial charge in [0.05, 0.1) is 5.69 Å². The van der Waals surface area contributed by atoms with Crippen molar-refractivity contribution in [3.8, 4) is 0 Å². The van der Waals surface area contributed by atoms with Gasteiger partial charge < -0.3 is 5.32 Å². The molecule has 0 saturated heterocycles. The molecule has 1 unspecified atom stereocenters. The highest BCUT2D eigenvalue weighted by molar-refractivity contribution is 7.99. The molecule has 0 fully saturated rings. The maximum atomic E-state index is 11.9. The topological polar surface area (TPSA) is 41.1 Å². The van der Waals surface area contributed by atoms with Crippen molar-refractivity contribution in [1.29, 1.82) is 0 Å². The van der Waals surface area contributed by atoms with Crippen LogP contribution in [0.5, 0.6) is 0 Å². The highest BCUT2D eigenvalue weighted by Crippen LogP contribution is 2.26. The van der Waals surface area contributed by atoms with Gasteiger partial charge in [0.25, 0.3) is 0 Å². The molecule has 0 saturated carbocycles. The van der Waals surface area contributed by atoms with Crippen molar-refractivity contribution in [1.82, 2.24) is 5.32 Å². The molecule has 2 N–H and O–H groups in total. The lowest BCUT2D eigenvalue weighted by Gasteiger charge is -2.13. The lowest BCUT2D eigenvalue weighted by molar-refractivity contribution is -0.116. The van der Waals surface area contributed by atoms with Crippen LogP contribution in [0.15, 0.2) is 41.3 Å². The number of amides is 1. The molecule has 17 heavy (non-hydrogen) atoms. The molecule has 2 rings (SSSR count). The molecule has 0 bridgehead atoms. The molecule has 1 heterocycles. The fourth-order valence-electron chi connectivity index (χ4n) is 1.71. The summed E-state index contributed by atoms with van der Waals surface area (Å²) in [6.45, 7) is 2.87. The van der Waals surface area contributed by atoms with Crippen LogP contribution in [0.25, 0.3) is 0 Å². The van der Waals surface area contributed by atoms with Crippen LogP contribution in [0.4, 0.5) is 5.69 Å². The molecule has 90 valence electrons. The Hall–Kier alpha value is -1.26. The monoisotopic (exact) mass is 248 g/mol. The second-order valence-electron chi connectivity index (χ2n) is 3.73. The van der Waals surface area contributed by atoms with Crippen molar-refractivity contribution < 1.29 is 4.79 Å². The zero-order valence-electron chi connectivity index (χ0n) is 9.77. The Labute approximate surface area is 106 Å². The number of thioether (sulfide) groups is 1. The van der Waals surface area contributed by atoms with Crippen LogP contribution in [0.2, 0.25) is 0 Å². The molecule has 1 aliphatic rings. The van der Waals surface area contributed by atoms with Gasteiger partial charge in [-0.25, -0.2) is 0 Å². The van der Waals surface area contributed by atoms with Crippen molar-refractivity contribution in [2.45, 2.75) is 17.9 Å². The van der Waals surface area contributed by atoms with Crippen LogP contribution >= 0.6 is 11.8 Å². The molecule has 0 aliphatic carbocycles. The maximum Gasteiger partial charge on any atom is 0.245 e. The molecule has 1 aliphatic heterocycles. The van der Waals surface area contributed by atoms with Crippen LogP contribution in [0, 0.1) is 0 Å². The van der Waals surface area contributed by atoms with Crippen molar-refractivity contribution in [2.24, 2.45) is 0 Å². The van der Waals surface area contributed by atoms with E-state index in [-0.39, 0.29) is 11.9 Å². The van der Waals surface area contributed by atoms with Gasteiger partial charge in [-0.2, -0.15) is 0 Å². The Balaban J connectivity index is 2.06. The normalized spacial score (nSPS) is 18.3. The number of carbonyl (C=O) groups is 1. The smallest absolute Gasteiger partial charge is 0.245 e. The first kappa shape index (κ1) is 12.2. The Morgan fingerprint density at radius 3 is 3.06 bits per heavy atom. The van der Waals surface area contributed by atoms with Crippen LogP contribution in [0.3, 0.4) is 0 Å². The summed E-state index contributed by atoms with van der Waals surface area (Å²) in [6, 6.07) is 7.69. The Bertz CT molecular complexity index is 431. The first-order valence-corrected chi connectivity index (χ1v) is 6.72. The van der Waals surface area contributed by atoms with Crippen molar-refractivity contribution in [2.75, 3.05) is 17.6 Å². The predicted octanol–water partition coefficient (Wildman–Crippen LogP) is 2.27. The number of nitrogens with one attached hydrogen (secondary N) is 2. The van der Waals surface area contributed by atoms with Crippen LogP contribution in [-0.2, 0) is 4.79 Å². The lowest BCUT2D eigenvalue weighted by atomic mass is 10.2. The second kappa shape index (κ2) is 5.89. The van der Waals surface area contributed by atoms with E-state index >= 15 is 0 Å². The largest absolute Gasteiger partial charge is 0.323 e. The van der Waals surface area contributed by atoms with Gasteiger partial charge in [0.15, 0.2) is 0 Å². The Kier molecular flexibility index (Phi) is 4.23. The van der Waals surface area contributed by atoms with Gasteiger partial charge in [-0.1, -0.05) is 31.2 Å². The zero-order valence-corrected chi connectivity index (χ0v) is 10.6. The molecular formula is C13H16N2OS. The minimum Gasteiger partial charge on any atom is -0.323 e. The summed E-state index contributed by atoms with van der Waals surface area (Å²) in [5.74, 6) is 0.997. The van der Waals surface area contributed by atoms with E-state index in [1.54, 1.807) is 11.8 Å². The van der Waals surface area contributed by atoms with E-state index in [4.69, 9.17) is 0 Å². The number of anilines is 1. The number of benzene rings is 1. The third kappa shape index (κ3) is 3.11. The average molecular weight is 248 g/mol. The van der Waals surface area contributed by atoms with Gasteiger partial charge in [0.2, 0.25) is 5.91 Å². The quantitative estimate of drug-likeness (QED) is 0.634. The van der Waals surface area contributed by atoms with E-state index < -0.39 is 0 Å². The van der Waals surface area contributed by atoms with Gasteiger partial charge in [-0.05, 0) is 17.9 Å². The van der Waals surface area contributed by atoms with E-state index in [1.165, 1.54) is 0 Å². The maximum absolute atomic E-state index is 11.9. The summed E-state index contributed by atoms with van der Waals surface area (Å²) in [5, 5.41) is 6.06. The molecule has 1 aromatic carbocycles. The molecule has 3 nitrogen and oxygen atoms in total. The first-order valence-electron chi connectivity index (χ1n) is 5.74. The lowest BCUT2D eigenvalue weighted by Crippen LogP contribution is -2.35. The van der Waals surface area contributed by atoms with Gasteiger partial charge in [-0.3, -0.25) is 10.1 Å². The SMILES string of the molecule is CCSc1ccccc1NC(=O)C1C=CCN1. The van der Waals surface area contributed by atoms with Gasteiger partial charge in [0, 0.05) is 11.4 Å². The van der Waals surface area contributed by atoms with Crippen molar-refractivity contribution >= 4 is 23.4 Å². The minimum absolute atomic E-state index is 0.00269. The first-order chi connectivity index (χ1) is 8.31. The number of hydrogen-bond donors (Lipinski definition) is 2. The van der Waals surface area contributed by atoms with E-state index in [0.29, 0.717) is 0 Å². The summed E-state index contributed by atoms with van der Waals surface area (Å²) in [4.78, 5) is 13.1. The second-order valence-corrected chi connectivity index (χ2v) is 5.04. The van der Waals surface area contributed by atoms with E-state index in [1.807, 2.05) is 36.4 Å². The summed E-state index contributed by atoms with van der Waals surface area (Å²) in [5.41, 5.74) is 0.895. The molecule has 1 aromatic rings. The summed E-state index contributed by atoms with van der Waals surface area (Å²) < 4.78 is 0. The fourth-order valence-corrected chi connectivity index (χ4v) is 2.47.